The van der Waals surface area contributed by atoms with E-state index in [2.05, 4.69) is 13.8 Å². The summed E-state index contributed by atoms with van der Waals surface area (Å²) < 4.78 is 6.95. The molecule has 0 radical (unpaired) electrons. The Balaban J connectivity index is 1.94. The van der Waals surface area contributed by atoms with Crippen molar-refractivity contribution in [3.63, 3.8) is 0 Å². The predicted octanol–water partition coefficient (Wildman–Crippen LogP) is 2.28. The number of hydrogen-bond donors (Lipinski definition) is 0. The van der Waals surface area contributed by atoms with Crippen LogP contribution in [-0.4, -0.2) is 40.0 Å². The number of amides is 1. The number of aryl methyl sites for hydroxylation is 1. The van der Waals surface area contributed by atoms with E-state index >= 15 is 0 Å². The number of nitrogens with zero attached hydrogens (tertiary/aromatic N) is 2. The predicted molar refractivity (Wildman–Crippen MR) is 80.1 cm³/mol. The zero-order chi connectivity index (χ0) is 15.6. The summed E-state index contributed by atoms with van der Waals surface area (Å²) in [4.78, 5) is 26.2. The second kappa shape index (κ2) is 6.33. The molecule has 1 amide bonds. The van der Waals surface area contributed by atoms with Crippen LogP contribution in [0.1, 0.15) is 49.3 Å². The summed E-state index contributed by atoms with van der Waals surface area (Å²) in [5.41, 5.74) is 1.45. The SMILES string of the molecule is Cc1ccc(C(=O)OCC(=O)N2C(C)CCCC2C)n1C. The molecule has 116 valence electrons. The molecule has 1 fully saturated rings. The molecule has 5 heteroatoms. The number of rotatable bonds is 3. The Kier molecular flexibility index (Phi) is 4.70. The molecule has 1 aliphatic heterocycles. The molecule has 1 saturated heterocycles. The zero-order valence-electron chi connectivity index (χ0n) is 13.3. The molecule has 5 nitrogen and oxygen atoms in total. The fourth-order valence-electron chi connectivity index (χ4n) is 3.01. The van der Waals surface area contributed by atoms with E-state index in [9.17, 15) is 9.59 Å². The molecule has 21 heavy (non-hydrogen) atoms. The molecule has 1 aromatic heterocycles. The standard InChI is InChI=1S/C16H24N2O3/c1-11-8-9-14(17(11)4)16(20)21-10-15(19)18-12(2)6-5-7-13(18)3/h8-9,12-13H,5-7,10H2,1-4H3. The van der Waals surface area contributed by atoms with E-state index in [0.717, 1.165) is 25.0 Å². The van der Waals surface area contributed by atoms with Gasteiger partial charge in [0.2, 0.25) is 0 Å². The van der Waals surface area contributed by atoms with Crippen molar-refractivity contribution in [1.82, 2.24) is 9.47 Å². The maximum absolute atomic E-state index is 12.3. The minimum absolute atomic E-state index is 0.103. The van der Waals surface area contributed by atoms with Crippen molar-refractivity contribution in [2.75, 3.05) is 6.61 Å². The Morgan fingerprint density at radius 2 is 1.86 bits per heavy atom. The van der Waals surface area contributed by atoms with Crippen molar-refractivity contribution in [3.8, 4) is 0 Å². The Morgan fingerprint density at radius 3 is 2.38 bits per heavy atom. The fraction of sp³-hybridized carbons (Fsp3) is 0.625. The van der Waals surface area contributed by atoms with Gasteiger partial charge in [-0.3, -0.25) is 4.79 Å². The van der Waals surface area contributed by atoms with E-state index < -0.39 is 5.97 Å². The first kappa shape index (κ1) is 15.6. The van der Waals surface area contributed by atoms with Crippen molar-refractivity contribution in [3.05, 3.63) is 23.5 Å². The highest BCUT2D eigenvalue weighted by atomic mass is 16.5. The molecule has 0 saturated carbocycles. The normalized spacial score (nSPS) is 22.2. The molecule has 0 N–H and O–H groups in total. The first-order valence-electron chi connectivity index (χ1n) is 7.52. The molecule has 0 aromatic carbocycles. The Labute approximate surface area is 125 Å². The van der Waals surface area contributed by atoms with Crippen molar-refractivity contribution in [2.45, 2.75) is 52.1 Å². The van der Waals surface area contributed by atoms with E-state index in [1.807, 2.05) is 24.9 Å². The maximum Gasteiger partial charge on any atom is 0.355 e. The zero-order valence-corrected chi connectivity index (χ0v) is 13.3. The van der Waals surface area contributed by atoms with Crippen LogP contribution >= 0.6 is 0 Å². The topological polar surface area (TPSA) is 51.5 Å². The van der Waals surface area contributed by atoms with Crippen LogP contribution in [0.3, 0.4) is 0 Å². The van der Waals surface area contributed by atoms with Gasteiger partial charge in [-0.25, -0.2) is 4.79 Å². The number of piperidine rings is 1. The first-order chi connectivity index (χ1) is 9.91. The number of aromatic nitrogens is 1. The largest absolute Gasteiger partial charge is 0.451 e. The summed E-state index contributed by atoms with van der Waals surface area (Å²) in [6.07, 6.45) is 3.18. The summed E-state index contributed by atoms with van der Waals surface area (Å²) in [7, 11) is 1.81. The summed E-state index contributed by atoms with van der Waals surface area (Å²) in [5, 5.41) is 0. The lowest BCUT2D eigenvalue weighted by Gasteiger charge is -2.38. The van der Waals surface area contributed by atoms with Crippen LogP contribution in [0.4, 0.5) is 0 Å². The lowest BCUT2D eigenvalue weighted by molar-refractivity contribution is -0.140. The molecule has 0 bridgehead atoms. The average molecular weight is 292 g/mol. The van der Waals surface area contributed by atoms with Crippen LogP contribution in [0.2, 0.25) is 0 Å². The van der Waals surface area contributed by atoms with Crippen LogP contribution in [0.15, 0.2) is 12.1 Å². The number of esters is 1. The summed E-state index contributed by atoms with van der Waals surface area (Å²) in [5.74, 6) is -0.551. The van der Waals surface area contributed by atoms with Crippen LogP contribution in [0.5, 0.6) is 0 Å². The molecular formula is C16H24N2O3. The number of carbonyl (C=O) groups is 2. The van der Waals surface area contributed by atoms with Gasteiger partial charge in [-0.2, -0.15) is 0 Å². The molecule has 2 unspecified atom stereocenters. The van der Waals surface area contributed by atoms with Gasteiger partial charge in [0.05, 0.1) is 0 Å². The Morgan fingerprint density at radius 1 is 1.24 bits per heavy atom. The van der Waals surface area contributed by atoms with E-state index in [0.29, 0.717) is 5.69 Å². The summed E-state index contributed by atoms with van der Waals surface area (Å²) in [6.45, 7) is 5.84. The third-order valence-corrected chi connectivity index (χ3v) is 4.39. The van der Waals surface area contributed by atoms with Crippen LogP contribution < -0.4 is 0 Å². The van der Waals surface area contributed by atoms with E-state index in [1.54, 1.807) is 10.6 Å². The smallest absolute Gasteiger partial charge is 0.355 e. The first-order valence-corrected chi connectivity index (χ1v) is 7.52. The highest BCUT2D eigenvalue weighted by Gasteiger charge is 2.29. The summed E-state index contributed by atoms with van der Waals surface area (Å²) >= 11 is 0. The Hall–Kier alpha value is -1.78. The molecule has 1 aliphatic rings. The van der Waals surface area contributed by atoms with Crippen molar-refractivity contribution in [2.24, 2.45) is 7.05 Å². The third kappa shape index (κ3) is 3.28. The van der Waals surface area contributed by atoms with Crippen LogP contribution in [0, 0.1) is 6.92 Å². The number of hydrogen-bond acceptors (Lipinski definition) is 3. The molecule has 2 rings (SSSR count). The fourth-order valence-corrected chi connectivity index (χ4v) is 3.01. The molecule has 0 aliphatic carbocycles. The highest BCUT2D eigenvalue weighted by molar-refractivity contribution is 5.90. The number of likely N-dealkylation sites (tertiary alicyclic amines) is 1. The quantitative estimate of drug-likeness (QED) is 0.803. The minimum atomic E-state index is -0.448. The second-order valence-corrected chi connectivity index (χ2v) is 5.93. The van der Waals surface area contributed by atoms with Crippen molar-refractivity contribution in [1.29, 1.82) is 0 Å². The van der Waals surface area contributed by atoms with Crippen LogP contribution in [-0.2, 0) is 16.6 Å². The average Bonchev–Trinajstić information content (AvgIpc) is 2.76. The van der Waals surface area contributed by atoms with Crippen LogP contribution in [0.25, 0.3) is 0 Å². The van der Waals surface area contributed by atoms with Gasteiger partial charge in [0, 0.05) is 24.8 Å². The van der Waals surface area contributed by atoms with Gasteiger partial charge in [0.1, 0.15) is 5.69 Å². The number of ether oxygens (including phenoxy) is 1. The number of carbonyl (C=O) groups excluding carboxylic acids is 2. The molecule has 0 spiro atoms. The minimum Gasteiger partial charge on any atom is -0.451 e. The molecule has 1 aromatic rings. The van der Waals surface area contributed by atoms with Gasteiger partial charge in [-0.15, -0.1) is 0 Å². The van der Waals surface area contributed by atoms with Gasteiger partial charge >= 0.3 is 5.97 Å². The molecule has 2 atom stereocenters. The Bertz CT molecular complexity index is 526. The van der Waals surface area contributed by atoms with Gasteiger partial charge in [-0.1, -0.05) is 0 Å². The van der Waals surface area contributed by atoms with E-state index in [1.165, 1.54) is 0 Å². The third-order valence-electron chi connectivity index (χ3n) is 4.39. The van der Waals surface area contributed by atoms with Crippen molar-refractivity contribution >= 4 is 11.9 Å². The van der Waals surface area contributed by atoms with Gasteiger partial charge in [-0.05, 0) is 52.2 Å². The van der Waals surface area contributed by atoms with Gasteiger partial charge < -0.3 is 14.2 Å². The van der Waals surface area contributed by atoms with Gasteiger partial charge in [0.25, 0.3) is 5.91 Å². The maximum atomic E-state index is 12.3. The molecule has 2 heterocycles. The lowest BCUT2D eigenvalue weighted by Crippen LogP contribution is -2.49. The van der Waals surface area contributed by atoms with Gasteiger partial charge in [0.15, 0.2) is 6.61 Å². The lowest BCUT2D eigenvalue weighted by atomic mass is 9.97. The summed E-state index contributed by atoms with van der Waals surface area (Å²) in [6, 6.07) is 4.01. The van der Waals surface area contributed by atoms with E-state index in [-0.39, 0.29) is 24.6 Å². The van der Waals surface area contributed by atoms with E-state index in [4.69, 9.17) is 4.74 Å². The monoisotopic (exact) mass is 292 g/mol. The van der Waals surface area contributed by atoms with Crippen molar-refractivity contribution < 1.29 is 14.3 Å². The second-order valence-electron chi connectivity index (χ2n) is 5.93. The molecular weight excluding hydrogens is 268 g/mol. The highest BCUT2D eigenvalue weighted by Crippen LogP contribution is 2.22.